The van der Waals surface area contributed by atoms with Crippen LogP contribution in [0.2, 0.25) is 0 Å². The van der Waals surface area contributed by atoms with Crippen molar-refractivity contribution in [1.29, 1.82) is 0 Å². The van der Waals surface area contributed by atoms with Crippen molar-refractivity contribution in [2.45, 2.75) is 45.6 Å². The highest BCUT2D eigenvalue weighted by Gasteiger charge is 2.28. The van der Waals surface area contributed by atoms with Crippen molar-refractivity contribution in [2.75, 3.05) is 13.1 Å². The third-order valence-corrected chi connectivity index (χ3v) is 5.20. The van der Waals surface area contributed by atoms with Gasteiger partial charge in [0.2, 0.25) is 0 Å². The summed E-state index contributed by atoms with van der Waals surface area (Å²) in [6.45, 7) is 6.93. The first-order chi connectivity index (χ1) is 11.8. The minimum Gasteiger partial charge on any atom is -0.361 e. The summed E-state index contributed by atoms with van der Waals surface area (Å²) >= 11 is 0. The Kier molecular flexibility index (Phi) is 4.15. The minimum absolute atomic E-state index is 0.591. The zero-order chi connectivity index (χ0) is 16.5. The zero-order valence-electron chi connectivity index (χ0n) is 14.6. The van der Waals surface area contributed by atoms with E-state index in [-0.39, 0.29) is 0 Å². The zero-order valence-corrected chi connectivity index (χ0v) is 14.6. The molecule has 4 rings (SSSR count). The van der Waals surface area contributed by atoms with Crippen LogP contribution in [0.5, 0.6) is 0 Å². The molecule has 0 saturated heterocycles. The summed E-state index contributed by atoms with van der Waals surface area (Å²) in [5.74, 6) is 0. The quantitative estimate of drug-likeness (QED) is 0.746. The van der Waals surface area contributed by atoms with E-state index >= 15 is 0 Å². The van der Waals surface area contributed by atoms with Gasteiger partial charge in [-0.3, -0.25) is 4.90 Å². The molecular weight excluding hydrogens is 296 g/mol. The fourth-order valence-electron chi connectivity index (χ4n) is 4.23. The molecule has 2 heterocycles. The van der Waals surface area contributed by atoms with Crippen LogP contribution in [0.15, 0.2) is 36.8 Å². The number of hydrogen-bond acceptors (Lipinski definition) is 2. The second-order valence-corrected chi connectivity index (χ2v) is 6.85. The number of nitrogens with one attached hydrogen (secondary N) is 1. The van der Waals surface area contributed by atoms with Crippen molar-refractivity contribution in [3.05, 3.63) is 47.9 Å². The van der Waals surface area contributed by atoms with E-state index in [4.69, 9.17) is 0 Å². The van der Waals surface area contributed by atoms with Crippen LogP contribution in [0.1, 0.15) is 37.8 Å². The van der Waals surface area contributed by atoms with Crippen LogP contribution in [0, 0.1) is 0 Å². The van der Waals surface area contributed by atoms with Crippen LogP contribution in [-0.4, -0.2) is 38.8 Å². The van der Waals surface area contributed by atoms with Gasteiger partial charge in [0.1, 0.15) is 0 Å². The Labute approximate surface area is 143 Å². The van der Waals surface area contributed by atoms with Gasteiger partial charge in [-0.05, 0) is 68.1 Å². The number of aromatic nitrogens is 3. The van der Waals surface area contributed by atoms with Gasteiger partial charge < -0.3 is 4.98 Å². The predicted octanol–water partition coefficient (Wildman–Crippen LogP) is 3.94. The molecule has 24 heavy (non-hydrogen) atoms. The number of nitrogens with zero attached hydrogens (tertiary/aromatic N) is 3. The van der Waals surface area contributed by atoms with Gasteiger partial charge in [-0.25, -0.2) is 4.68 Å². The molecule has 0 bridgehead atoms. The molecule has 1 aliphatic rings. The Bertz CT molecular complexity index is 810. The maximum absolute atomic E-state index is 4.48. The van der Waals surface area contributed by atoms with Crippen LogP contribution < -0.4 is 0 Å². The standard InChI is InChI=1S/C20H26N4/c1-3-9-23(10-4-2)16-12-15-14-21-18-6-7-19(17(13-16)20(15)18)24-11-5-8-22-24/h5-8,11,14,16,21H,3-4,9-10,12-13H2,1-2H3. The molecule has 0 spiro atoms. The van der Waals surface area contributed by atoms with Gasteiger partial charge in [0.15, 0.2) is 0 Å². The molecule has 0 fully saturated rings. The molecule has 0 radical (unpaired) electrons. The van der Waals surface area contributed by atoms with E-state index in [1.807, 2.05) is 23.1 Å². The Morgan fingerprint density at radius 3 is 2.75 bits per heavy atom. The molecule has 1 aromatic carbocycles. The van der Waals surface area contributed by atoms with E-state index in [0.29, 0.717) is 6.04 Å². The Balaban J connectivity index is 1.78. The molecule has 1 unspecified atom stereocenters. The van der Waals surface area contributed by atoms with Crippen molar-refractivity contribution >= 4 is 10.9 Å². The smallest absolute Gasteiger partial charge is 0.0685 e. The highest BCUT2D eigenvalue weighted by molar-refractivity contribution is 5.90. The SMILES string of the molecule is CCCN(CCC)C1Cc2c[nH]c3ccc(-n4cccn4)c(c23)C1. The molecular formula is C20H26N4. The highest BCUT2D eigenvalue weighted by atomic mass is 15.3. The summed E-state index contributed by atoms with van der Waals surface area (Å²) in [4.78, 5) is 6.15. The maximum atomic E-state index is 4.48. The third kappa shape index (κ3) is 2.55. The number of benzene rings is 1. The third-order valence-electron chi connectivity index (χ3n) is 5.20. The average molecular weight is 322 g/mol. The normalized spacial score (nSPS) is 17.0. The van der Waals surface area contributed by atoms with Gasteiger partial charge in [-0.1, -0.05) is 13.8 Å². The topological polar surface area (TPSA) is 36.9 Å². The lowest BCUT2D eigenvalue weighted by Gasteiger charge is -2.34. The molecule has 126 valence electrons. The number of aromatic amines is 1. The predicted molar refractivity (Wildman–Crippen MR) is 98.8 cm³/mol. The van der Waals surface area contributed by atoms with E-state index in [1.54, 1.807) is 0 Å². The summed E-state index contributed by atoms with van der Waals surface area (Å²) in [7, 11) is 0. The fraction of sp³-hybridized carbons (Fsp3) is 0.450. The van der Waals surface area contributed by atoms with Crippen LogP contribution in [0.25, 0.3) is 16.6 Å². The lowest BCUT2D eigenvalue weighted by molar-refractivity contribution is 0.192. The van der Waals surface area contributed by atoms with E-state index < -0.39 is 0 Å². The van der Waals surface area contributed by atoms with Gasteiger partial charge in [0, 0.05) is 35.5 Å². The lowest BCUT2D eigenvalue weighted by Crippen LogP contribution is -2.41. The Morgan fingerprint density at radius 1 is 1.21 bits per heavy atom. The van der Waals surface area contributed by atoms with Crippen molar-refractivity contribution in [3.63, 3.8) is 0 Å². The van der Waals surface area contributed by atoms with Gasteiger partial charge >= 0.3 is 0 Å². The molecule has 1 atom stereocenters. The first-order valence-corrected chi connectivity index (χ1v) is 9.17. The summed E-state index contributed by atoms with van der Waals surface area (Å²) in [5, 5.41) is 5.90. The summed E-state index contributed by atoms with van der Waals surface area (Å²) in [6, 6.07) is 6.98. The number of hydrogen-bond donors (Lipinski definition) is 1. The molecule has 0 aliphatic heterocycles. The Hall–Kier alpha value is -2.07. The maximum Gasteiger partial charge on any atom is 0.0685 e. The lowest BCUT2D eigenvalue weighted by atomic mass is 9.87. The Morgan fingerprint density at radius 2 is 2.04 bits per heavy atom. The molecule has 1 aliphatic carbocycles. The van der Waals surface area contributed by atoms with Crippen molar-refractivity contribution in [2.24, 2.45) is 0 Å². The van der Waals surface area contributed by atoms with Gasteiger partial charge in [0.25, 0.3) is 0 Å². The van der Waals surface area contributed by atoms with Gasteiger partial charge in [-0.15, -0.1) is 0 Å². The molecule has 4 nitrogen and oxygen atoms in total. The summed E-state index contributed by atoms with van der Waals surface area (Å²) < 4.78 is 2.01. The summed E-state index contributed by atoms with van der Waals surface area (Å²) in [5.41, 5.74) is 5.39. The van der Waals surface area contributed by atoms with E-state index in [1.165, 1.54) is 53.6 Å². The highest BCUT2D eigenvalue weighted by Crippen LogP contribution is 2.35. The molecule has 0 amide bonds. The molecule has 2 aromatic heterocycles. The van der Waals surface area contributed by atoms with Crippen LogP contribution in [0.4, 0.5) is 0 Å². The largest absolute Gasteiger partial charge is 0.361 e. The van der Waals surface area contributed by atoms with Crippen LogP contribution in [0.3, 0.4) is 0 Å². The van der Waals surface area contributed by atoms with Crippen LogP contribution >= 0.6 is 0 Å². The first-order valence-electron chi connectivity index (χ1n) is 9.17. The van der Waals surface area contributed by atoms with Gasteiger partial charge in [-0.2, -0.15) is 5.10 Å². The molecule has 0 saturated carbocycles. The number of H-pyrrole nitrogens is 1. The van der Waals surface area contributed by atoms with Crippen LogP contribution in [-0.2, 0) is 12.8 Å². The molecule has 1 N–H and O–H groups in total. The van der Waals surface area contributed by atoms with Crippen molar-refractivity contribution < 1.29 is 0 Å². The van der Waals surface area contributed by atoms with E-state index in [2.05, 4.69) is 47.2 Å². The van der Waals surface area contributed by atoms with E-state index in [9.17, 15) is 0 Å². The second kappa shape index (κ2) is 6.44. The first kappa shape index (κ1) is 15.5. The summed E-state index contributed by atoms with van der Waals surface area (Å²) in [6.07, 6.45) is 10.8. The fourth-order valence-corrected chi connectivity index (χ4v) is 4.23. The van der Waals surface area contributed by atoms with Gasteiger partial charge in [0.05, 0.1) is 5.69 Å². The molecule has 3 aromatic rings. The second-order valence-electron chi connectivity index (χ2n) is 6.85. The van der Waals surface area contributed by atoms with Crippen molar-refractivity contribution in [3.8, 4) is 5.69 Å². The average Bonchev–Trinajstić information content (AvgIpc) is 3.26. The van der Waals surface area contributed by atoms with E-state index in [0.717, 1.165) is 12.8 Å². The minimum atomic E-state index is 0.591. The monoisotopic (exact) mass is 322 g/mol. The molecule has 4 heteroatoms. The number of rotatable bonds is 6. The van der Waals surface area contributed by atoms with Crippen molar-refractivity contribution in [1.82, 2.24) is 19.7 Å².